The Labute approximate surface area is 96.3 Å². The SMILES string of the molecule is C=Cc1ccc(C=O)cc1/C(F)=C\C.CC. The van der Waals surface area contributed by atoms with E-state index in [4.69, 9.17) is 0 Å². The molecule has 0 radical (unpaired) electrons. The highest BCUT2D eigenvalue weighted by atomic mass is 19.1. The highest BCUT2D eigenvalue weighted by molar-refractivity contribution is 5.80. The van der Waals surface area contributed by atoms with Gasteiger partial charge in [0.2, 0.25) is 0 Å². The third kappa shape index (κ3) is 3.46. The van der Waals surface area contributed by atoms with Crippen LogP contribution in [0.25, 0.3) is 11.9 Å². The lowest BCUT2D eigenvalue weighted by Gasteiger charge is -2.03. The summed E-state index contributed by atoms with van der Waals surface area (Å²) in [5.41, 5.74) is 1.56. The van der Waals surface area contributed by atoms with Crippen molar-refractivity contribution in [2.75, 3.05) is 0 Å². The Kier molecular flexibility index (Phi) is 6.77. The van der Waals surface area contributed by atoms with E-state index in [1.807, 2.05) is 13.8 Å². The van der Waals surface area contributed by atoms with Crippen molar-refractivity contribution in [2.45, 2.75) is 20.8 Å². The zero-order valence-corrected chi connectivity index (χ0v) is 9.96. The molecule has 0 atom stereocenters. The fraction of sp³-hybridized carbons (Fsp3) is 0.214. The minimum Gasteiger partial charge on any atom is -0.298 e. The molecule has 0 heterocycles. The molecule has 0 spiro atoms. The molecule has 1 aromatic carbocycles. The van der Waals surface area contributed by atoms with E-state index in [-0.39, 0.29) is 5.83 Å². The van der Waals surface area contributed by atoms with Gasteiger partial charge in [-0.2, -0.15) is 0 Å². The summed E-state index contributed by atoms with van der Waals surface area (Å²) in [7, 11) is 0. The second-order valence-corrected chi connectivity index (χ2v) is 2.81. The maximum atomic E-state index is 13.3. The smallest absolute Gasteiger partial charge is 0.150 e. The lowest BCUT2D eigenvalue weighted by atomic mass is 10.0. The first kappa shape index (κ1) is 14.3. The van der Waals surface area contributed by atoms with Crippen molar-refractivity contribution < 1.29 is 9.18 Å². The van der Waals surface area contributed by atoms with Crippen molar-refractivity contribution >= 4 is 18.2 Å². The first-order valence-corrected chi connectivity index (χ1v) is 5.26. The Hall–Kier alpha value is -1.70. The number of rotatable bonds is 3. The molecule has 0 unspecified atom stereocenters. The van der Waals surface area contributed by atoms with Gasteiger partial charge >= 0.3 is 0 Å². The average molecular weight is 220 g/mol. The quantitative estimate of drug-likeness (QED) is 0.685. The predicted octanol–water partition coefficient (Wildman–Crippen LogP) is 4.50. The number of allylic oxidation sites excluding steroid dienone is 1. The number of hydrogen-bond donors (Lipinski definition) is 0. The van der Waals surface area contributed by atoms with Gasteiger partial charge in [0.05, 0.1) is 0 Å². The minimum atomic E-state index is -0.344. The molecule has 0 aliphatic carbocycles. The van der Waals surface area contributed by atoms with E-state index in [1.54, 1.807) is 25.1 Å². The van der Waals surface area contributed by atoms with Crippen molar-refractivity contribution in [3.05, 3.63) is 47.5 Å². The molecular weight excluding hydrogens is 203 g/mol. The standard InChI is InChI=1S/C12H11FO.C2H6/c1-3-10-6-5-9(8-14)7-11(10)12(13)4-2;1-2/h3-8H,1H2,2H3;1-2H3/b12-4+;. The summed E-state index contributed by atoms with van der Waals surface area (Å²) < 4.78 is 13.3. The van der Waals surface area contributed by atoms with E-state index >= 15 is 0 Å². The van der Waals surface area contributed by atoms with Crippen molar-refractivity contribution in [1.82, 2.24) is 0 Å². The summed E-state index contributed by atoms with van der Waals surface area (Å²) >= 11 is 0. The molecular formula is C14H17FO. The van der Waals surface area contributed by atoms with Gasteiger partial charge in [0.1, 0.15) is 12.1 Å². The zero-order valence-electron chi connectivity index (χ0n) is 9.96. The molecule has 1 rings (SSSR count). The van der Waals surface area contributed by atoms with Crippen LogP contribution in [0.15, 0.2) is 30.9 Å². The summed E-state index contributed by atoms with van der Waals surface area (Å²) in [5.74, 6) is -0.344. The molecule has 0 amide bonds. The third-order valence-corrected chi connectivity index (χ3v) is 1.94. The molecule has 0 N–H and O–H groups in total. The molecule has 0 fully saturated rings. The van der Waals surface area contributed by atoms with Crippen LogP contribution in [-0.2, 0) is 0 Å². The summed E-state index contributed by atoms with van der Waals surface area (Å²) in [6.45, 7) is 9.19. The Balaban J connectivity index is 0.00000106. The molecule has 0 bridgehead atoms. The van der Waals surface area contributed by atoms with Crippen molar-refractivity contribution in [3.63, 3.8) is 0 Å². The Morgan fingerprint density at radius 3 is 2.44 bits per heavy atom. The van der Waals surface area contributed by atoms with Crippen LogP contribution in [-0.4, -0.2) is 6.29 Å². The van der Waals surface area contributed by atoms with Gasteiger partial charge in [-0.15, -0.1) is 0 Å². The molecule has 0 aliphatic heterocycles. The number of hydrogen-bond acceptors (Lipinski definition) is 1. The van der Waals surface area contributed by atoms with E-state index in [1.165, 1.54) is 12.1 Å². The Morgan fingerprint density at radius 1 is 1.38 bits per heavy atom. The summed E-state index contributed by atoms with van der Waals surface area (Å²) in [5, 5.41) is 0. The number of carbonyl (C=O) groups is 1. The van der Waals surface area contributed by atoms with E-state index in [9.17, 15) is 9.18 Å². The second kappa shape index (κ2) is 7.57. The van der Waals surface area contributed by atoms with Crippen molar-refractivity contribution in [1.29, 1.82) is 0 Å². The van der Waals surface area contributed by atoms with Crippen molar-refractivity contribution in [2.24, 2.45) is 0 Å². The summed E-state index contributed by atoms with van der Waals surface area (Å²) in [6.07, 6.45) is 3.61. The lowest BCUT2D eigenvalue weighted by Crippen LogP contribution is -1.88. The van der Waals surface area contributed by atoms with Crippen LogP contribution in [0.1, 0.15) is 42.3 Å². The molecule has 0 aromatic heterocycles. The highest BCUT2D eigenvalue weighted by Crippen LogP contribution is 2.22. The van der Waals surface area contributed by atoms with Crippen LogP contribution in [0.4, 0.5) is 4.39 Å². The zero-order chi connectivity index (χ0) is 12.6. The summed E-state index contributed by atoms with van der Waals surface area (Å²) in [6, 6.07) is 4.82. The molecule has 2 heteroatoms. The molecule has 0 aliphatic rings. The average Bonchev–Trinajstić information content (AvgIpc) is 2.39. The van der Waals surface area contributed by atoms with Gasteiger partial charge in [-0.1, -0.05) is 44.7 Å². The maximum Gasteiger partial charge on any atom is 0.150 e. The van der Waals surface area contributed by atoms with E-state index in [0.29, 0.717) is 23.0 Å². The van der Waals surface area contributed by atoms with Crippen molar-refractivity contribution in [3.8, 4) is 0 Å². The largest absolute Gasteiger partial charge is 0.298 e. The number of halogens is 1. The van der Waals surface area contributed by atoms with E-state index in [2.05, 4.69) is 6.58 Å². The van der Waals surface area contributed by atoms with Gasteiger partial charge in [0, 0.05) is 11.1 Å². The van der Waals surface area contributed by atoms with Crippen LogP contribution in [0.3, 0.4) is 0 Å². The molecule has 0 saturated heterocycles. The monoisotopic (exact) mass is 220 g/mol. The number of carbonyl (C=O) groups excluding carboxylic acids is 1. The molecule has 1 nitrogen and oxygen atoms in total. The third-order valence-electron chi connectivity index (χ3n) is 1.94. The van der Waals surface area contributed by atoms with Gasteiger partial charge in [0.15, 0.2) is 0 Å². The normalized spacial score (nSPS) is 10.1. The fourth-order valence-corrected chi connectivity index (χ4v) is 1.19. The molecule has 16 heavy (non-hydrogen) atoms. The van der Waals surface area contributed by atoms with Crippen LogP contribution in [0.2, 0.25) is 0 Å². The van der Waals surface area contributed by atoms with Crippen LogP contribution >= 0.6 is 0 Å². The predicted molar refractivity (Wildman–Crippen MR) is 68.0 cm³/mol. The maximum absolute atomic E-state index is 13.3. The number of aldehydes is 1. The van der Waals surface area contributed by atoms with Crippen LogP contribution in [0.5, 0.6) is 0 Å². The molecule has 86 valence electrons. The second-order valence-electron chi connectivity index (χ2n) is 2.81. The fourth-order valence-electron chi connectivity index (χ4n) is 1.19. The minimum absolute atomic E-state index is 0.344. The van der Waals surface area contributed by atoms with E-state index < -0.39 is 0 Å². The van der Waals surface area contributed by atoms with Gasteiger partial charge in [-0.3, -0.25) is 4.79 Å². The number of benzene rings is 1. The van der Waals surface area contributed by atoms with Gasteiger partial charge < -0.3 is 0 Å². The Bertz CT molecular complexity index is 392. The lowest BCUT2D eigenvalue weighted by molar-refractivity contribution is 0.112. The van der Waals surface area contributed by atoms with E-state index in [0.717, 1.165) is 0 Å². The summed E-state index contributed by atoms with van der Waals surface area (Å²) in [4.78, 5) is 10.5. The molecule has 1 aromatic rings. The Morgan fingerprint density at radius 2 is 2.00 bits per heavy atom. The van der Waals surface area contributed by atoms with Gasteiger partial charge in [-0.25, -0.2) is 4.39 Å². The van der Waals surface area contributed by atoms with Gasteiger partial charge in [-0.05, 0) is 18.6 Å². The van der Waals surface area contributed by atoms with Gasteiger partial charge in [0.25, 0.3) is 0 Å². The highest BCUT2D eigenvalue weighted by Gasteiger charge is 2.05. The first-order chi connectivity index (χ1) is 7.72. The first-order valence-electron chi connectivity index (χ1n) is 5.26. The topological polar surface area (TPSA) is 17.1 Å². The molecule has 0 saturated carbocycles. The van der Waals surface area contributed by atoms with Crippen LogP contribution in [0, 0.1) is 0 Å². The van der Waals surface area contributed by atoms with Crippen LogP contribution < -0.4 is 0 Å².